The molecule has 0 saturated heterocycles. The van der Waals surface area contributed by atoms with Gasteiger partial charge >= 0.3 is 0 Å². The zero-order valence-corrected chi connectivity index (χ0v) is 9.31. The first kappa shape index (κ1) is 12.9. The van der Waals surface area contributed by atoms with Gasteiger partial charge in [0.2, 0.25) is 0 Å². The van der Waals surface area contributed by atoms with Crippen molar-refractivity contribution in [1.29, 1.82) is 0 Å². The molecule has 0 radical (unpaired) electrons. The van der Waals surface area contributed by atoms with Gasteiger partial charge in [-0.1, -0.05) is 11.6 Å². The zero-order valence-electron chi connectivity index (χ0n) is 8.56. The van der Waals surface area contributed by atoms with Gasteiger partial charge in [-0.15, -0.1) is 0 Å². The van der Waals surface area contributed by atoms with Gasteiger partial charge in [0.05, 0.1) is 10.6 Å². The molecule has 0 saturated carbocycles. The Morgan fingerprint density at radius 2 is 2.12 bits per heavy atom. The van der Waals surface area contributed by atoms with Crippen LogP contribution in [0.1, 0.15) is 17.3 Å². The predicted octanol–water partition coefficient (Wildman–Crippen LogP) is 1.70. The van der Waals surface area contributed by atoms with Crippen LogP contribution in [0.4, 0.5) is 8.78 Å². The van der Waals surface area contributed by atoms with Crippen LogP contribution in [0.15, 0.2) is 12.1 Å². The minimum absolute atomic E-state index is 0.224. The summed E-state index contributed by atoms with van der Waals surface area (Å²) in [5, 5.41) is 2.15. The predicted molar refractivity (Wildman–Crippen MR) is 57.4 cm³/mol. The van der Waals surface area contributed by atoms with E-state index in [2.05, 4.69) is 5.32 Å². The first-order valence-corrected chi connectivity index (χ1v) is 4.99. The number of benzene rings is 1. The Morgan fingerprint density at radius 3 is 2.69 bits per heavy atom. The van der Waals surface area contributed by atoms with E-state index in [1.807, 2.05) is 0 Å². The smallest absolute Gasteiger partial charge is 0.254 e. The van der Waals surface area contributed by atoms with E-state index in [0.717, 1.165) is 6.07 Å². The van der Waals surface area contributed by atoms with Gasteiger partial charge in [0.25, 0.3) is 5.91 Å². The van der Waals surface area contributed by atoms with Crippen LogP contribution in [0.2, 0.25) is 5.02 Å². The third-order valence-corrected chi connectivity index (χ3v) is 2.28. The molecule has 0 aliphatic carbocycles. The van der Waals surface area contributed by atoms with Crippen molar-refractivity contribution in [3.63, 3.8) is 0 Å². The second-order valence-corrected chi connectivity index (χ2v) is 3.76. The van der Waals surface area contributed by atoms with E-state index < -0.39 is 17.5 Å². The molecule has 1 amide bonds. The third-order valence-electron chi connectivity index (χ3n) is 1.99. The molecular weight excluding hydrogens is 238 g/mol. The molecule has 0 aliphatic heterocycles. The van der Waals surface area contributed by atoms with Crippen LogP contribution in [0.25, 0.3) is 0 Å². The van der Waals surface area contributed by atoms with Crippen LogP contribution in [0.3, 0.4) is 0 Å². The zero-order chi connectivity index (χ0) is 12.3. The van der Waals surface area contributed by atoms with Crippen molar-refractivity contribution >= 4 is 17.5 Å². The molecule has 0 fully saturated rings. The molecule has 1 aromatic carbocycles. The summed E-state index contributed by atoms with van der Waals surface area (Å²) >= 11 is 5.45. The Labute approximate surface area is 96.6 Å². The number of amides is 1. The lowest BCUT2D eigenvalue weighted by atomic mass is 10.2. The quantitative estimate of drug-likeness (QED) is 0.800. The average molecular weight is 249 g/mol. The molecule has 3 N–H and O–H groups in total. The number of rotatable bonds is 3. The molecule has 16 heavy (non-hydrogen) atoms. The summed E-state index contributed by atoms with van der Waals surface area (Å²) in [6.07, 6.45) is 0. The number of nitrogens with one attached hydrogen (secondary N) is 1. The molecule has 0 aliphatic rings. The molecule has 0 spiro atoms. The lowest BCUT2D eigenvalue weighted by Crippen LogP contribution is -2.38. The minimum atomic E-state index is -0.955. The first-order valence-electron chi connectivity index (χ1n) is 4.61. The molecule has 0 unspecified atom stereocenters. The molecule has 3 nitrogen and oxygen atoms in total. The van der Waals surface area contributed by atoms with E-state index in [0.29, 0.717) is 6.07 Å². The summed E-state index contributed by atoms with van der Waals surface area (Å²) in [5.41, 5.74) is 5.00. The summed E-state index contributed by atoms with van der Waals surface area (Å²) in [6.45, 7) is 1.89. The third kappa shape index (κ3) is 2.90. The van der Waals surface area contributed by atoms with Crippen molar-refractivity contribution in [2.24, 2.45) is 5.73 Å². The van der Waals surface area contributed by atoms with Gasteiger partial charge in [-0.25, -0.2) is 8.78 Å². The largest absolute Gasteiger partial charge is 0.348 e. The average Bonchev–Trinajstić information content (AvgIpc) is 2.23. The van der Waals surface area contributed by atoms with Gasteiger partial charge in [0.15, 0.2) is 0 Å². The highest BCUT2D eigenvalue weighted by Crippen LogP contribution is 2.19. The van der Waals surface area contributed by atoms with Crippen LogP contribution >= 0.6 is 11.6 Å². The SMILES string of the molecule is C[C@@H](CN)NC(=O)c1cc(Cl)c(F)cc1F. The molecular formula is C10H11ClF2N2O. The highest BCUT2D eigenvalue weighted by molar-refractivity contribution is 6.31. The van der Waals surface area contributed by atoms with Crippen molar-refractivity contribution in [1.82, 2.24) is 5.32 Å². The van der Waals surface area contributed by atoms with Gasteiger partial charge < -0.3 is 11.1 Å². The Morgan fingerprint density at radius 1 is 1.50 bits per heavy atom. The van der Waals surface area contributed by atoms with E-state index in [-0.39, 0.29) is 23.2 Å². The van der Waals surface area contributed by atoms with Crippen LogP contribution in [0, 0.1) is 11.6 Å². The monoisotopic (exact) mass is 248 g/mol. The molecule has 88 valence electrons. The minimum Gasteiger partial charge on any atom is -0.348 e. The Balaban J connectivity index is 2.96. The Kier molecular flexibility index (Phi) is 4.20. The number of hydrogen-bond donors (Lipinski definition) is 2. The van der Waals surface area contributed by atoms with E-state index in [9.17, 15) is 13.6 Å². The fourth-order valence-electron chi connectivity index (χ4n) is 1.06. The summed E-state index contributed by atoms with van der Waals surface area (Å²) in [7, 11) is 0. The number of carbonyl (C=O) groups is 1. The highest BCUT2D eigenvalue weighted by atomic mass is 35.5. The van der Waals surface area contributed by atoms with Gasteiger partial charge in [0.1, 0.15) is 11.6 Å². The maximum Gasteiger partial charge on any atom is 0.254 e. The molecule has 0 aromatic heterocycles. The van der Waals surface area contributed by atoms with Gasteiger partial charge in [-0.2, -0.15) is 0 Å². The molecule has 0 bridgehead atoms. The van der Waals surface area contributed by atoms with Gasteiger partial charge in [0, 0.05) is 18.7 Å². The lowest BCUT2D eigenvalue weighted by Gasteiger charge is -2.11. The lowest BCUT2D eigenvalue weighted by molar-refractivity contribution is 0.0937. The van der Waals surface area contributed by atoms with Gasteiger partial charge in [-0.3, -0.25) is 4.79 Å². The number of carbonyl (C=O) groups excluding carboxylic acids is 1. The number of hydrogen-bond acceptors (Lipinski definition) is 2. The first-order chi connectivity index (χ1) is 7.45. The van der Waals surface area contributed by atoms with Crippen LogP contribution < -0.4 is 11.1 Å². The number of nitrogens with two attached hydrogens (primary N) is 1. The fraction of sp³-hybridized carbons (Fsp3) is 0.300. The van der Waals surface area contributed by atoms with Crippen LogP contribution in [0.5, 0.6) is 0 Å². The van der Waals surface area contributed by atoms with E-state index >= 15 is 0 Å². The fourth-order valence-corrected chi connectivity index (χ4v) is 1.22. The van der Waals surface area contributed by atoms with Gasteiger partial charge in [-0.05, 0) is 13.0 Å². The summed E-state index contributed by atoms with van der Waals surface area (Å²) in [4.78, 5) is 11.5. The second-order valence-electron chi connectivity index (χ2n) is 3.36. The van der Waals surface area contributed by atoms with Crippen molar-refractivity contribution < 1.29 is 13.6 Å². The maximum absolute atomic E-state index is 13.2. The van der Waals surface area contributed by atoms with Crippen molar-refractivity contribution in [3.8, 4) is 0 Å². The Bertz CT molecular complexity index is 412. The highest BCUT2D eigenvalue weighted by Gasteiger charge is 2.16. The topological polar surface area (TPSA) is 55.1 Å². The molecule has 1 rings (SSSR count). The van der Waals surface area contributed by atoms with Crippen molar-refractivity contribution in [2.75, 3.05) is 6.54 Å². The van der Waals surface area contributed by atoms with E-state index in [1.165, 1.54) is 0 Å². The Hall–Kier alpha value is -1.20. The van der Waals surface area contributed by atoms with Crippen LogP contribution in [-0.2, 0) is 0 Å². The van der Waals surface area contributed by atoms with E-state index in [1.54, 1.807) is 6.92 Å². The molecule has 6 heteroatoms. The normalized spacial score (nSPS) is 12.3. The summed E-state index contributed by atoms with van der Waals surface area (Å²) < 4.78 is 26.1. The summed E-state index contributed by atoms with van der Waals surface area (Å²) in [5.74, 6) is -2.52. The number of halogens is 3. The maximum atomic E-state index is 13.2. The van der Waals surface area contributed by atoms with E-state index in [4.69, 9.17) is 17.3 Å². The molecule has 0 heterocycles. The standard InChI is InChI=1S/C10H11ClF2N2O/c1-5(4-14)15-10(16)6-2-7(11)9(13)3-8(6)12/h2-3,5H,4,14H2,1H3,(H,15,16)/t5-/m0/s1. The van der Waals surface area contributed by atoms with Crippen molar-refractivity contribution in [3.05, 3.63) is 34.4 Å². The van der Waals surface area contributed by atoms with Crippen molar-refractivity contribution in [2.45, 2.75) is 13.0 Å². The summed E-state index contributed by atoms with van der Waals surface area (Å²) in [6, 6.07) is 1.23. The molecule has 1 atom stereocenters. The molecule has 1 aromatic rings. The van der Waals surface area contributed by atoms with Crippen LogP contribution in [-0.4, -0.2) is 18.5 Å². The second kappa shape index (κ2) is 5.23.